The Balaban J connectivity index is 1.56. The van der Waals surface area contributed by atoms with Crippen molar-refractivity contribution in [3.63, 3.8) is 0 Å². The molecule has 0 saturated carbocycles. The first kappa shape index (κ1) is 13.5. The maximum absolute atomic E-state index is 12.8. The van der Waals surface area contributed by atoms with Crippen molar-refractivity contribution in [2.75, 3.05) is 26.7 Å². The molecule has 0 unspecified atom stereocenters. The van der Waals surface area contributed by atoms with Crippen LogP contribution < -0.4 is 0 Å². The number of imidazole rings is 1. The largest absolute Gasteiger partial charge is 0.347 e. The summed E-state index contributed by atoms with van der Waals surface area (Å²) in [5, 5.41) is 7.29. The molecule has 1 fully saturated rings. The first-order valence-electron chi connectivity index (χ1n) is 7.79. The smallest absolute Gasteiger partial charge is 0.274 e. The van der Waals surface area contributed by atoms with Crippen LogP contribution in [0, 0.1) is 0 Å². The van der Waals surface area contributed by atoms with Crippen molar-refractivity contribution >= 4 is 5.91 Å². The Morgan fingerprint density at radius 2 is 2.27 bits per heavy atom. The van der Waals surface area contributed by atoms with E-state index in [1.807, 2.05) is 11.1 Å². The number of nitrogens with zero attached hydrogens (tertiary/aromatic N) is 4. The van der Waals surface area contributed by atoms with E-state index in [-0.39, 0.29) is 11.9 Å². The molecule has 116 valence electrons. The molecule has 2 aromatic heterocycles. The molecule has 22 heavy (non-hydrogen) atoms. The number of carbonyl (C=O) groups is 1. The number of aryl methyl sites for hydroxylation is 1. The van der Waals surface area contributed by atoms with Gasteiger partial charge in [-0.25, -0.2) is 4.98 Å². The van der Waals surface area contributed by atoms with Crippen molar-refractivity contribution in [3.8, 4) is 0 Å². The molecule has 0 aromatic carbocycles. The number of amides is 1. The van der Waals surface area contributed by atoms with Gasteiger partial charge >= 0.3 is 0 Å². The van der Waals surface area contributed by atoms with E-state index in [9.17, 15) is 4.79 Å². The monoisotopic (exact) mass is 300 g/mol. The first-order valence-corrected chi connectivity index (χ1v) is 7.79. The highest BCUT2D eigenvalue weighted by molar-refractivity contribution is 5.94. The van der Waals surface area contributed by atoms with Gasteiger partial charge in [0, 0.05) is 43.3 Å². The number of rotatable bonds is 2. The lowest BCUT2D eigenvalue weighted by atomic mass is 10.1. The van der Waals surface area contributed by atoms with Crippen LogP contribution in [0.4, 0.5) is 0 Å². The van der Waals surface area contributed by atoms with Crippen LogP contribution in [-0.2, 0) is 12.8 Å². The van der Waals surface area contributed by atoms with Crippen molar-refractivity contribution in [2.24, 2.45) is 0 Å². The highest BCUT2D eigenvalue weighted by Crippen LogP contribution is 2.26. The molecule has 3 heterocycles. The number of aromatic nitrogens is 4. The highest BCUT2D eigenvalue weighted by atomic mass is 16.2. The Kier molecular flexibility index (Phi) is 3.22. The van der Waals surface area contributed by atoms with Gasteiger partial charge in [-0.05, 0) is 26.3 Å². The molecule has 1 atom stereocenters. The highest BCUT2D eigenvalue weighted by Gasteiger charge is 2.33. The summed E-state index contributed by atoms with van der Waals surface area (Å²) in [7, 11) is 2.07. The molecule has 2 N–H and O–H groups in total. The number of fused-ring (bicyclic) bond motifs is 1. The number of hydrogen-bond acceptors (Lipinski definition) is 4. The Labute approximate surface area is 128 Å². The van der Waals surface area contributed by atoms with Crippen molar-refractivity contribution < 1.29 is 4.79 Å². The summed E-state index contributed by atoms with van der Waals surface area (Å²) in [6, 6.07) is 0.111. The van der Waals surface area contributed by atoms with Crippen LogP contribution in [0.2, 0.25) is 0 Å². The minimum atomic E-state index is 0.0454. The van der Waals surface area contributed by atoms with Gasteiger partial charge in [0.15, 0.2) is 5.69 Å². The normalized spacial score (nSPS) is 22.0. The third-order valence-corrected chi connectivity index (χ3v) is 4.78. The van der Waals surface area contributed by atoms with Gasteiger partial charge in [0.25, 0.3) is 5.91 Å². The van der Waals surface area contributed by atoms with Crippen LogP contribution in [0.15, 0.2) is 12.4 Å². The van der Waals surface area contributed by atoms with Gasteiger partial charge in [-0.2, -0.15) is 5.10 Å². The van der Waals surface area contributed by atoms with Crippen LogP contribution in [-0.4, -0.2) is 62.6 Å². The van der Waals surface area contributed by atoms with E-state index in [1.54, 1.807) is 6.20 Å². The molecular formula is C15H20N6O. The number of likely N-dealkylation sites (N-methyl/N-ethyl adjacent to an activating group) is 1. The molecule has 4 rings (SSSR count). The molecule has 7 heteroatoms. The molecule has 1 saturated heterocycles. The van der Waals surface area contributed by atoms with E-state index >= 15 is 0 Å². The minimum Gasteiger partial charge on any atom is -0.347 e. The summed E-state index contributed by atoms with van der Waals surface area (Å²) in [5.41, 5.74) is 2.88. The summed E-state index contributed by atoms with van der Waals surface area (Å²) in [6.45, 7) is 2.21. The fourth-order valence-electron chi connectivity index (χ4n) is 3.46. The third-order valence-electron chi connectivity index (χ3n) is 4.78. The van der Waals surface area contributed by atoms with E-state index in [4.69, 9.17) is 0 Å². The second kappa shape index (κ2) is 5.24. The van der Waals surface area contributed by atoms with E-state index in [2.05, 4.69) is 32.1 Å². The summed E-state index contributed by atoms with van der Waals surface area (Å²) in [4.78, 5) is 24.5. The number of carbonyl (C=O) groups excluding carboxylic acids is 1. The zero-order chi connectivity index (χ0) is 15.1. The zero-order valence-corrected chi connectivity index (χ0v) is 12.7. The molecule has 0 radical (unpaired) electrons. The number of H-pyrrole nitrogens is 2. The van der Waals surface area contributed by atoms with Crippen LogP contribution in [0.5, 0.6) is 0 Å². The summed E-state index contributed by atoms with van der Waals surface area (Å²) >= 11 is 0. The van der Waals surface area contributed by atoms with E-state index < -0.39 is 0 Å². The molecule has 2 aliphatic rings. The van der Waals surface area contributed by atoms with E-state index in [0.29, 0.717) is 12.2 Å². The summed E-state index contributed by atoms with van der Waals surface area (Å²) < 4.78 is 0. The molecular weight excluding hydrogens is 280 g/mol. The van der Waals surface area contributed by atoms with Crippen LogP contribution in [0.25, 0.3) is 0 Å². The van der Waals surface area contributed by atoms with Crippen molar-refractivity contribution in [2.45, 2.75) is 25.3 Å². The average molecular weight is 300 g/mol. The molecule has 0 bridgehead atoms. The van der Waals surface area contributed by atoms with Crippen LogP contribution >= 0.6 is 0 Å². The van der Waals surface area contributed by atoms with Gasteiger partial charge in [-0.15, -0.1) is 0 Å². The van der Waals surface area contributed by atoms with Crippen molar-refractivity contribution in [3.05, 3.63) is 35.2 Å². The maximum atomic E-state index is 12.8. The lowest BCUT2D eigenvalue weighted by Gasteiger charge is -2.38. The number of hydrogen-bond donors (Lipinski definition) is 2. The van der Waals surface area contributed by atoms with Gasteiger partial charge in [-0.1, -0.05) is 0 Å². The Hall–Kier alpha value is -2.15. The van der Waals surface area contributed by atoms with Crippen LogP contribution in [0.1, 0.15) is 40.0 Å². The number of nitrogens with one attached hydrogen (secondary N) is 2. The third kappa shape index (κ3) is 2.12. The second-order valence-electron chi connectivity index (χ2n) is 6.10. The maximum Gasteiger partial charge on any atom is 0.274 e. The predicted molar refractivity (Wildman–Crippen MR) is 80.5 cm³/mol. The number of piperazine rings is 1. The first-order chi connectivity index (χ1) is 10.7. The molecule has 0 spiro atoms. The molecule has 1 aliphatic heterocycles. The summed E-state index contributed by atoms with van der Waals surface area (Å²) in [6.07, 6.45) is 6.66. The molecule has 1 amide bonds. The lowest BCUT2D eigenvalue weighted by molar-refractivity contribution is 0.0528. The van der Waals surface area contributed by atoms with Crippen molar-refractivity contribution in [1.82, 2.24) is 30.0 Å². The quantitative estimate of drug-likeness (QED) is 0.857. The Morgan fingerprint density at radius 1 is 1.36 bits per heavy atom. The lowest BCUT2D eigenvalue weighted by Crippen LogP contribution is -2.49. The van der Waals surface area contributed by atoms with E-state index in [0.717, 1.165) is 49.4 Å². The zero-order valence-electron chi connectivity index (χ0n) is 12.7. The second-order valence-corrected chi connectivity index (χ2v) is 6.10. The standard InChI is InChI=1S/C15H20N6O/c1-20-7-8-21(9-12(20)14-16-5-6-17-14)15(22)13-10-3-2-4-11(10)18-19-13/h5-6,12H,2-4,7-9H2,1H3,(H,16,17)(H,18,19)/t12-/m1/s1. The topological polar surface area (TPSA) is 80.9 Å². The fourth-order valence-corrected chi connectivity index (χ4v) is 3.46. The fraction of sp³-hybridized carbons (Fsp3) is 0.533. The molecule has 1 aliphatic carbocycles. The van der Waals surface area contributed by atoms with E-state index in [1.165, 1.54) is 0 Å². The van der Waals surface area contributed by atoms with Gasteiger partial charge in [0.05, 0.1) is 6.04 Å². The number of aromatic amines is 2. The molecule has 7 nitrogen and oxygen atoms in total. The minimum absolute atomic E-state index is 0.0454. The van der Waals surface area contributed by atoms with Gasteiger partial charge in [0.2, 0.25) is 0 Å². The SMILES string of the molecule is CN1CCN(C(=O)c2n[nH]c3c2CCC3)C[C@@H]1c1ncc[nH]1. The van der Waals surface area contributed by atoms with Gasteiger partial charge in [0.1, 0.15) is 5.82 Å². The van der Waals surface area contributed by atoms with Crippen LogP contribution in [0.3, 0.4) is 0 Å². The summed E-state index contributed by atoms with van der Waals surface area (Å²) in [5.74, 6) is 0.955. The Morgan fingerprint density at radius 3 is 3.09 bits per heavy atom. The average Bonchev–Trinajstić information content (AvgIpc) is 3.24. The predicted octanol–water partition coefficient (Wildman–Crippen LogP) is 0.750. The van der Waals surface area contributed by atoms with Crippen molar-refractivity contribution in [1.29, 1.82) is 0 Å². The van der Waals surface area contributed by atoms with Gasteiger partial charge in [-0.3, -0.25) is 14.8 Å². The molecule has 2 aromatic rings. The van der Waals surface area contributed by atoms with Gasteiger partial charge < -0.3 is 9.88 Å². The Bertz CT molecular complexity index is 676.